The standard InChI is InChI=1S/C28H17N5O5S2/c1-14-2-3-22(38-14)23-12-32-26(39-23)24-13-31-25(40-24)15-4-6-29-18(8-15)20-10-17(28(36)37)11-21(33-20)19-9-16(27(34)35)5-7-30-19/h2-13H,1H3,(H,34,35)(H,36,37). The number of hydrogen-bond acceptors (Lipinski definition) is 10. The maximum absolute atomic E-state index is 11.9. The molecule has 196 valence electrons. The molecule has 6 aromatic heterocycles. The topological polar surface area (TPSA) is 152 Å². The Morgan fingerprint density at radius 2 is 1.32 bits per heavy atom. The molecule has 6 rings (SSSR count). The lowest BCUT2D eigenvalue weighted by atomic mass is 10.1. The molecule has 0 aliphatic carbocycles. The van der Waals surface area contributed by atoms with Crippen LogP contribution >= 0.6 is 22.7 Å². The average Bonchev–Trinajstić information content (AvgIpc) is 3.74. The molecule has 0 aromatic carbocycles. The number of aryl methyl sites for hydroxylation is 1. The van der Waals surface area contributed by atoms with Crippen LogP contribution in [-0.4, -0.2) is 47.1 Å². The van der Waals surface area contributed by atoms with Crippen molar-refractivity contribution in [3.8, 4) is 53.9 Å². The van der Waals surface area contributed by atoms with Crippen LogP contribution in [0.25, 0.3) is 53.9 Å². The van der Waals surface area contributed by atoms with Gasteiger partial charge in [-0.3, -0.25) is 9.97 Å². The SMILES string of the molecule is Cc1ccc(-c2cnc(-c3cnc(-c4ccnc(-c5cc(C(=O)O)cc(-c6cc(C(=O)O)ccn6)n5)c4)s3)s2)o1. The van der Waals surface area contributed by atoms with Crippen LogP contribution in [0.4, 0.5) is 0 Å². The van der Waals surface area contributed by atoms with E-state index in [1.54, 1.807) is 24.7 Å². The molecule has 6 aromatic rings. The highest BCUT2D eigenvalue weighted by Crippen LogP contribution is 2.38. The highest BCUT2D eigenvalue weighted by Gasteiger charge is 2.17. The second kappa shape index (κ2) is 10.2. The monoisotopic (exact) mass is 567 g/mol. The molecule has 0 spiro atoms. The molecule has 0 fully saturated rings. The Balaban J connectivity index is 1.34. The zero-order valence-electron chi connectivity index (χ0n) is 20.6. The number of carboxylic acid groups (broad SMARTS) is 2. The molecule has 0 saturated heterocycles. The third-order valence-corrected chi connectivity index (χ3v) is 8.04. The highest BCUT2D eigenvalue weighted by molar-refractivity contribution is 7.24. The largest absolute Gasteiger partial charge is 0.478 e. The van der Waals surface area contributed by atoms with E-state index in [9.17, 15) is 19.8 Å². The first-order valence-corrected chi connectivity index (χ1v) is 13.4. The van der Waals surface area contributed by atoms with E-state index in [0.29, 0.717) is 11.4 Å². The Kier molecular flexibility index (Phi) is 6.46. The summed E-state index contributed by atoms with van der Waals surface area (Å²) in [4.78, 5) is 47.4. The maximum Gasteiger partial charge on any atom is 0.335 e. The Morgan fingerprint density at radius 3 is 2.02 bits per heavy atom. The number of pyridine rings is 3. The molecule has 0 aliphatic rings. The summed E-state index contributed by atoms with van der Waals surface area (Å²) >= 11 is 2.98. The molecule has 0 aliphatic heterocycles. The summed E-state index contributed by atoms with van der Waals surface area (Å²) in [6, 6.07) is 12.9. The van der Waals surface area contributed by atoms with Gasteiger partial charge >= 0.3 is 11.9 Å². The van der Waals surface area contributed by atoms with Gasteiger partial charge in [-0.05, 0) is 55.5 Å². The van der Waals surface area contributed by atoms with E-state index < -0.39 is 11.9 Å². The van der Waals surface area contributed by atoms with E-state index in [1.807, 2.05) is 25.1 Å². The van der Waals surface area contributed by atoms with E-state index in [1.165, 1.54) is 53.1 Å². The van der Waals surface area contributed by atoms with Gasteiger partial charge in [-0.1, -0.05) is 0 Å². The van der Waals surface area contributed by atoms with Gasteiger partial charge in [-0.25, -0.2) is 24.5 Å². The number of thiazole rings is 2. The predicted octanol–water partition coefficient (Wildman–Crippen LogP) is 6.42. The Hall–Kier alpha value is -5.07. The second-order valence-corrected chi connectivity index (χ2v) is 10.6. The summed E-state index contributed by atoms with van der Waals surface area (Å²) < 4.78 is 5.70. The van der Waals surface area contributed by atoms with Crippen LogP contribution in [0.5, 0.6) is 0 Å². The lowest BCUT2D eigenvalue weighted by Crippen LogP contribution is -2.02. The summed E-state index contributed by atoms with van der Waals surface area (Å²) in [7, 11) is 0. The van der Waals surface area contributed by atoms with E-state index >= 15 is 0 Å². The summed E-state index contributed by atoms with van der Waals surface area (Å²) in [5.41, 5.74) is 1.94. The van der Waals surface area contributed by atoms with E-state index in [2.05, 4.69) is 24.9 Å². The molecule has 12 heteroatoms. The van der Waals surface area contributed by atoms with Crippen molar-refractivity contribution in [3.05, 3.63) is 90.2 Å². The zero-order chi connectivity index (χ0) is 27.8. The lowest BCUT2D eigenvalue weighted by molar-refractivity contribution is 0.0686. The van der Waals surface area contributed by atoms with Gasteiger partial charge in [-0.15, -0.1) is 22.7 Å². The fraction of sp³-hybridized carbons (Fsp3) is 0.0357. The van der Waals surface area contributed by atoms with Crippen molar-refractivity contribution in [2.75, 3.05) is 0 Å². The molecule has 0 bridgehead atoms. The van der Waals surface area contributed by atoms with Crippen molar-refractivity contribution in [3.63, 3.8) is 0 Å². The molecule has 6 heterocycles. The first kappa shape index (κ1) is 25.2. The summed E-state index contributed by atoms with van der Waals surface area (Å²) in [5, 5.41) is 20.6. The van der Waals surface area contributed by atoms with Gasteiger partial charge < -0.3 is 14.6 Å². The molecule has 40 heavy (non-hydrogen) atoms. The van der Waals surface area contributed by atoms with Gasteiger partial charge in [0, 0.05) is 30.4 Å². The number of aromatic nitrogens is 5. The number of nitrogens with zero attached hydrogens (tertiary/aromatic N) is 5. The molecule has 10 nitrogen and oxygen atoms in total. The van der Waals surface area contributed by atoms with Gasteiger partial charge in [-0.2, -0.15) is 0 Å². The normalized spacial score (nSPS) is 11.0. The van der Waals surface area contributed by atoms with Gasteiger partial charge in [0.1, 0.15) is 21.5 Å². The third kappa shape index (κ3) is 5.00. The average molecular weight is 568 g/mol. The summed E-state index contributed by atoms with van der Waals surface area (Å²) in [6.45, 7) is 1.89. The second-order valence-electron chi connectivity index (χ2n) is 8.57. The minimum absolute atomic E-state index is 0.0143. The van der Waals surface area contributed by atoms with Crippen LogP contribution in [0.3, 0.4) is 0 Å². The maximum atomic E-state index is 11.9. The fourth-order valence-corrected chi connectivity index (χ4v) is 5.74. The number of carbonyl (C=O) groups is 2. The molecule has 0 radical (unpaired) electrons. The number of rotatable bonds is 7. The zero-order valence-corrected chi connectivity index (χ0v) is 22.2. The van der Waals surface area contributed by atoms with Crippen molar-refractivity contribution in [2.24, 2.45) is 0 Å². The first-order chi connectivity index (χ1) is 19.3. The van der Waals surface area contributed by atoms with Crippen molar-refractivity contribution in [1.29, 1.82) is 0 Å². The lowest BCUT2D eigenvalue weighted by Gasteiger charge is -2.08. The molecule has 0 atom stereocenters. The van der Waals surface area contributed by atoms with Crippen LogP contribution in [0, 0.1) is 6.92 Å². The Bertz CT molecular complexity index is 1910. The van der Waals surface area contributed by atoms with E-state index in [0.717, 1.165) is 36.9 Å². The van der Waals surface area contributed by atoms with Crippen molar-refractivity contribution >= 4 is 34.6 Å². The van der Waals surface area contributed by atoms with Crippen LogP contribution in [0.2, 0.25) is 0 Å². The number of aromatic carboxylic acids is 2. The smallest absolute Gasteiger partial charge is 0.335 e. The Labute approximate surface area is 234 Å². The van der Waals surface area contributed by atoms with Gasteiger partial charge in [0.05, 0.1) is 43.7 Å². The number of hydrogen-bond donors (Lipinski definition) is 2. The van der Waals surface area contributed by atoms with Crippen LogP contribution in [0.15, 0.2) is 77.7 Å². The highest BCUT2D eigenvalue weighted by atomic mass is 32.1. The van der Waals surface area contributed by atoms with Crippen molar-refractivity contribution < 1.29 is 24.2 Å². The van der Waals surface area contributed by atoms with Gasteiger partial charge in [0.2, 0.25) is 0 Å². The summed E-state index contributed by atoms with van der Waals surface area (Å²) in [6.07, 6.45) is 6.48. The van der Waals surface area contributed by atoms with Crippen molar-refractivity contribution in [1.82, 2.24) is 24.9 Å². The van der Waals surface area contributed by atoms with Crippen molar-refractivity contribution in [2.45, 2.75) is 6.92 Å². The van der Waals surface area contributed by atoms with E-state index in [4.69, 9.17) is 4.42 Å². The number of furan rings is 1. The third-order valence-electron chi connectivity index (χ3n) is 5.82. The molecular weight excluding hydrogens is 550 g/mol. The van der Waals surface area contributed by atoms with Crippen LogP contribution in [-0.2, 0) is 0 Å². The fourth-order valence-electron chi connectivity index (χ4n) is 3.90. The first-order valence-electron chi connectivity index (χ1n) is 11.7. The molecule has 2 N–H and O–H groups in total. The molecule has 0 unspecified atom stereocenters. The molecule has 0 saturated carbocycles. The molecule has 0 amide bonds. The molecular formula is C28H17N5O5S2. The van der Waals surface area contributed by atoms with E-state index in [-0.39, 0.29) is 22.5 Å². The minimum atomic E-state index is -1.16. The van der Waals surface area contributed by atoms with Crippen LogP contribution in [0.1, 0.15) is 26.5 Å². The number of carboxylic acids is 2. The summed E-state index contributed by atoms with van der Waals surface area (Å²) in [5.74, 6) is -0.683. The predicted molar refractivity (Wildman–Crippen MR) is 149 cm³/mol. The van der Waals surface area contributed by atoms with Gasteiger partial charge in [0.15, 0.2) is 0 Å². The van der Waals surface area contributed by atoms with Crippen LogP contribution < -0.4 is 0 Å². The quantitative estimate of drug-likeness (QED) is 0.221. The minimum Gasteiger partial charge on any atom is -0.478 e. The Morgan fingerprint density at radius 1 is 0.700 bits per heavy atom. The van der Waals surface area contributed by atoms with Gasteiger partial charge in [0.25, 0.3) is 0 Å².